The summed E-state index contributed by atoms with van der Waals surface area (Å²) >= 11 is 0. The SMILES string of the molecule is COc1ccccc1-c1ccc([C@@H]2[C@@H](C#N)N(C(=O)C3CCC3)[C@@H]2CO)cc1. The van der Waals surface area contributed by atoms with Crippen molar-refractivity contribution in [2.24, 2.45) is 5.92 Å². The summed E-state index contributed by atoms with van der Waals surface area (Å²) in [6.07, 6.45) is 2.85. The van der Waals surface area contributed by atoms with Gasteiger partial charge in [-0.3, -0.25) is 4.79 Å². The number of nitriles is 1. The Bertz CT molecular complexity index is 899. The van der Waals surface area contributed by atoms with Gasteiger partial charge < -0.3 is 14.7 Å². The van der Waals surface area contributed by atoms with Gasteiger partial charge in [0.25, 0.3) is 0 Å². The third-order valence-electron chi connectivity index (χ3n) is 6.15. The van der Waals surface area contributed by atoms with Crippen molar-refractivity contribution in [1.82, 2.24) is 4.90 Å². The van der Waals surface area contributed by atoms with E-state index in [9.17, 15) is 15.2 Å². The fourth-order valence-corrected chi connectivity index (χ4v) is 4.34. The largest absolute Gasteiger partial charge is 0.496 e. The molecule has 3 atom stereocenters. The van der Waals surface area contributed by atoms with Gasteiger partial charge in [-0.2, -0.15) is 5.26 Å². The molecule has 1 heterocycles. The highest BCUT2D eigenvalue weighted by Crippen LogP contribution is 2.44. The number of likely N-dealkylation sites (tertiary alicyclic amines) is 1. The van der Waals surface area contributed by atoms with Gasteiger partial charge in [-0.05, 0) is 30.0 Å². The lowest BCUT2D eigenvalue weighted by Gasteiger charge is -2.53. The molecule has 0 aromatic heterocycles. The normalized spacial score (nSPS) is 24.0. The minimum atomic E-state index is -0.512. The number of amides is 1. The Morgan fingerprint density at radius 3 is 2.50 bits per heavy atom. The first kappa shape index (κ1) is 18.5. The van der Waals surface area contributed by atoms with Crippen molar-refractivity contribution in [2.45, 2.75) is 37.3 Å². The summed E-state index contributed by atoms with van der Waals surface area (Å²) in [5.74, 6) is 0.697. The zero-order chi connectivity index (χ0) is 19.7. The molecule has 28 heavy (non-hydrogen) atoms. The summed E-state index contributed by atoms with van der Waals surface area (Å²) in [5, 5.41) is 19.6. The minimum Gasteiger partial charge on any atom is -0.496 e. The minimum absolute atomic E-state index is 0.0266. The van der Waals surface area contributed by atoms with Crippen LogP contribution in [-0.2, 0) is 4.79 Å². The molecule has 0 spiro atoms. The quantitative estimate of drug-likeness (QED) is 0.869. The van der Waals surface area contributed by atoms with Crippen LogP contribution in [0.5, 0.6) is 5.75 Å². The van der Waals surface area contributed by atoms with Crippen LogP contribution in [-0.4, -0.2) is 41.7 Å². The van der Waals surface area contributed by atoms with Crippen molar-refractivity contribution >= 4 is 5.91 Å². The van der Waals surface area contributed by atoms with Crippen molar-refractivity contribution in [3.63, 3.8) is 0 Å². The van der Waals surface area contributed by atoms with Crippen LogP contribution in [0.25, 0.3) is 11.1 Å². The molecule has 2 fully saturated rings. The Labute approximate surface area is 165 Å². The summed E-state index contributed by atoms with van der Waals surface area (Å²) < 4.78 is 5.44. The number of para-hydroxylation sites is 1. The van der Waals surface area contributed by atoms with Gasteiger partial charge in [0, 0.05) is 17.4 Å². The van der Waals surface area contributed by atoms with Crippen LogP contribution in [0, 0.1) is 17.2 Å². The number of ether oxygens (including phenoxy) is 1. The number of benzene rings is 2. The van der Waals surface area contributed by atoms with Gasteiger partial charge in [0.1, 0.15) is 11.8 Å². The summed E-state index contributed by atoms with van der Waals surface area (Å²) in [4.78, 5) is 14.3. The van der Waals surface area contributed by atoms with Gasteiger partial charge in [0.15, 0.2) is 0 Å². The molecule has 4 rings (SSSR count). The van der Waals surface area contributed by atoms with Crippen LogP contribution in [0.3, 0.4) is 0 Å². The molecular weight excluding hydrogens is 352 g/mol. The Morgan fingerprint density at radius 2 is 1.93 bits per heavy atom. The maximum Gasteiger partial charge on any atom is 0.227 e. The molecule has 2 aromatic carbocycles. The number of carbonyl (C=O) groups excluding carboxylic acids is 1. The zero-order valence-corrected chi connectivity index (χ0v) is 15.9. The van der Waals surface area contributed by atoms with E-state index in [1.165, 1.54) is 0 Å². The number of carbonyl (C=O) groups is 1. The van der Waals surface area contributed by atoms with Crippen LogP contribution in [0.2, 0.25) is 0 Å². The predicted molar refractivity (Wildman–Crippen MR) is 106 cm³/mol. The first-order chi connectivity index (χ1) is 13.7. The summed E-state index contributed by atoms with van der Waals surface area (Å²) in [6.45, 7) is -0.129. The van der Waals surface area contributed by atoms with Gasteiger partial charge in [-0.15, -0.1) is 0 Å². The molecule has 0 radical (unpaired) electrons. The molecule has 1 saturated carbocycles. The van der Waals surface area contributed by atoms with Gasteiger partial charge >= 0.3 is 0 Å². The van der Waals surface area contributed by atoms with Gasteiger partial charge in [-0.1, -0.05) is 48.9 Å². The molecule has 2 aliphatic rings. The first-order valence-electron chi connectivity index (χ1n) is 9.75. The van der Waals surface area contributed by atoms with E-state index >= 15 is 0 Å². The Balaban J connectivity index is 1.58. The summed E-state index contributed by atoms with van der Waals surface area (Å²) in [7, 11) is 1.65. The van der Waals surface area contributed by atoms with Crippen molar-refractivity contribution in [3.05, 3.63) is 54.1 Å². The van der Waals surface area contributed by atoms with Crippen molar-refractivity contribution in [3.8, 4) is 22.9 Å². The van der Waals surface area contributed by atoms with Crippen LogP contribution in [0.1, 0.15) is 30.7 Å². The van der Waals surface area contributed by atoms with Crippen molar-refractivity contribution in [1.29, 1.82) is 5.26 Å². The maximum absolute atomic E-state index is 12.7. The van der Waals surface area contributed by atoms with Gasteiger partial charge in [-0.25, -0.2) is 0 Å². The zero-order valence-electron chi connectivity index (χ0n) is 15.9. The highest BCUT2D eigenvalue weighted by Gasteiger charge is 2.53. The topological polar surface area (TPSA) is 73.6 Å². The number of hydrogen-bond donors (Lipinski definition) is 1. The summed E-state index contributed by atoms with van der Waals surface area (Å²) in [6, 6.07) is 17.3. The number of rotatable bonds is 5. The first-order valence-corrected chi connectivity index (χ1v) is 9.75. The Hall–Kier alpha value is -2.84. The predicted octanol–water partition coefficient (Wildman–Crippen LogP) is 3.34. The van der Waals surface area contributed by atoms with Crippen LogP contribution >= 0.6 is 0 Å². The molecule has 0 unspecified atom stereocenters. The molecular formula is C23H24N2O3. The third-order valence-corrected chi connectivity index (χ3v) is 6.15. The number of hydrogen-bond acceptors (Lipinski definition) is 4. The maximum atomic E-state index is 12.7. The van der Waals surface area contributed by atoms with E-state index in [4.69, 9.17) is 4.74 Å². The van der Waals surface area contributed by atoms with E-state index in [2.05, 4.69) is 6.07 Å². The van der Waals surface area contributed by atoms with E-state index in [-0.39, 0.29) is 30.4 Å². The second-order valence-electron chi connectivity index (χ2n) is 7.55. The number of methoxy groups -OCH3 is 1. The number of aliphatic hydroxyl groups is 1. The molecule has 1 saturated heterocycles. The number of aliphatic hydroxyl groups excluding tert-OH is 1. The van der Waals surface area contributed by atoms with Gasteiger partial charge in [0.2, 0.25) is 5.91 Å². The highest BCUT2D eigenvalue weighted by atomic mass is 16.5. The molecule has 1 aliphatic carbocycles. The fraction of sp³-hybridized carbons (Fsp3) is 0.391. The molecule has 1 aliphatic heterocycles. The molecule has 2 aromatic rings. The lowest BCUT2D eigenvalue weighted by molar-refractivity contribution is -0.154. The van der Waals surface area contributed by atoms with Crippen molar-refractivity contribution < 1.29 is 14.6 Å². The fourth-order valence-electron chi connectivity index (χ4n) is 4.34. The Kier molecular flexibility index (Phi) is 5.06. The molecule has 1 amide bonds. The van der Waals surface area contributed by atoms with Crippen LogP contribution in [0.15, 0.2) is 48.5 Å². The smallest absolute Gasteiger partial charge is 0.227 e. The van der Waals surface area contributed by atoms with Crippen LogP contribution in [0.4, 0.5) is 0 Å². The van der Waals surface area contributed by atoms with E-state index in [0.717, 1.165) is 41.7 Å². The second kappa shape index (κ2) is 7.65. The average Bonchev–Trinajstić information content (AvgIpc) is 2.67. The molecule has 5 heteroatoms. The van der Waals surface area contributed by atoms with Gasteiger partial charge in [0.05, 0.1) is 25.8 Å². The molecule has 144 valence electrons. The average molecular weight is 376 g/mol. The molecule has 0 bridgehead atoms. The van der Waals surface area contributed by atoms with E-state index < -0.39 is 6.04 Å². The lowest BCUT2D eigenvalue weighted by atomic mass is 9.73. The lowest BCUT2D eigenvalue weighted by Crippen LogP contribution is -2.66. The molecule has 1 N–H and O–H groups in total. The summed E-state index contributed by atoms with van der Waals surface area (Å²) in [5.41, 5.74) is 3.00. The third kappa shape index (κ3) is 2.94. The Morgan fingerprint density at radius 1 is 1.21 bits per heavy atom. The van der Waals surface area contributed by atoms with E-state index in [0.29, 0.717) is 0 Å². The van der Waals surface area contributed by atoms with E-state index in [1.807, 2.05) is 48.5 Å². The van der Waals surface area contributed by atoms with Crippen LogP contribution < -0.4 is 4.74 Å². The monoisotopic (exact) mass is 376 g/mol. The van der Waals surface area contributed by atoms with E-state index in [1.54, 1.807) is 12.0 Å². The molecule has 5 nitrogen and oxygen atoms in total. The second-order valence-corrected chi connectivity index (χ2v) is 7.55. The standard InChI is InChI=1S/C23H24N2O3/c1-28-21-8-3-2-7-18(21)15-9-11-16(12-10-15)22-19(13-24)25(20(22)14-26)23(27)17-5-4-6-17/h2-3,7-12,17,19-20,22,26H,4-6,14H2,1H3/t19-,20-,22-/m1/s1. The highest BCUT2D eigenvalue weighted by molar-refractivity contribution is 5.82. The van der Waals surface area contributed by atoms with Crippen molar-refractivity contribution in [2.75, 3.05) is 13.7 Å². The number of nitrogens with zero attached hydrogens (tertiary/aromatic N) is 2.